The number of hydrogen-bond acceptors (Lipinski definition) is 2. The first-order valence-electron chi connectivity index (χ1n) is 4.58. The molecule has 0 unspecified atom stereocenters. The van der Waals surface area contributed by atoms with Crippen LogP contribution >= 0.6 is 0 Å². The Bertz CT molecular complexity index is 325. The Hall–Kier alpha value is -1.57. The number of rotatable bonds is 3. The van der Waals surface area contributed by atoms with Gasteiger partial charge in [-0.1, -0.05) is 36.4 Å². The summed E-state index contributed by atoms with van der Waals surface area (Å²) in [6.07, 6.45) is 1.74. The lowest BCUT2D eigenvalue weighted by Gasteiger charge is -2.04. The third-order valence-electron chi connectivity index (χ3n) is 1.97. The van der Waals surface area contributed by atoms with Crippen LogP contribution in [0, 0.1) is 0 Å². The van der Waals surface area contributed by atoms with Crippen LogP contribution in [0.2, 0.25) is 0 Å². The van der Waals surface area contributed by atoms with Crippen molar-refractivity contribution in [2.75, 3.05) is 0 Å². The molecule has 2 heteroatoms. The summed E-state index contributed by atoms with van der Waals surface area (Å²) in [6.45, 7) is 3.90. The molecule has 74 valence electrons. The SMILES string of the molecule is CC=C(C)C(=O)OCc1ccccc1. The average molecular weight is 190 g/mol. The summed E-state index contributed by atoms with van der Waals surface area (Å²) >= 11 is 0. The van der Waals surface area contributed by atoms with Gasteiger partial charge in [0.15, 0.2) is 0 Å². The average Bonchev–Trinajstić information content (AvgIpc) is 2.26. The lowest BCUT2D eigenvalue weighted by molar-refractivity contribution is -0.140. The molecule has 0 aliphatic heterocycles. The highest BCUT2D eigenvalue weighted by atomic mass is 16.5. The highest BCUT2D eigenvalue weighted by Gasteiger charge is 2.03. The van der Waals surface area contributed by atoms with Gasteiger partial charge in [-0.05, 0) is 19.4 Å². The molecular weight excluding hydrogens is 176 g/mol. The summed E-state index contributed by atoms with van der Waals surface area (Å²) in [5.41, 5.74) is 1.64. The molecule has 0 saturated heterocycles. The molecule has 1 rings (SSSR count). The molecule has 0 bridgehead atoms. The summed E-state index contributed by atoms with van der Waals surface area (Å²) in [5, 5.41) is 0. The minimum atomic E-state index is -0.253. The zero-order chi connectivity index (χ0) is 10.4. The van der Waals surface area contributed by atoms with Gasteiger partial charge in [0, 0.05) is 5.57 Å². The lowest BCUT2D eigenvalue weighted by atomic mass is 10.2. The minimum absolute atomic E-state index is 0.253. The zero-order valence-corrected chi connectivity index (χ0v) is 8.49. The Morgan fingerprint density at radius 3 is 2.57 bits per heavy atom. The van der Waals surface area contributed by atoms with Crippen LogP contribution in [-0.4, -0.2) is 5.97 Å². The number of carbonyl (C=O) groups is 1. The lowest BCUT2D eigenvalue weighted by Crippen LogP contribution is -2.05. The van der Waals surface area contributed by atoms with Crippen LogP contribution in [0.4, 0.5) is 0 Å². The van der Waals surface area contributed by atoms with Crippen molar-refractivity contribution in [1.82, 2.24) is 0 Å². The molecular formula is C12H14O2. The topological polar surface area (TPSA) is 26.3 Å². The van der Waals surface area contributed by atoms with Crippen LogP contribution in [0.15, 0.2) is 42.0 Å². The molecule has 0 aliphatic rings. The normalized spacial score (nSPS) is 11.1. The standard InChI is InChI=1S/C12H14O2/c1-3-10(2)12(13)14-9-11-7-5-4-6-8-11/h3-8H,9H2,1-2H3. The van der Waals surface area contributed by atoms with Gasteiger partial charge in [0.2, 0.25) is 0 Å². The van der Waals surface area contributed by atoms with Crippen molar-refractivity contribution in [3.8, 4) is 0 Å². The minimum Gasteiger partial charge on any atom is -0.457 e. The van der Waals surface area contributed by atoms with Gasteiger partial charge in [0.05, 0.1) is 0 Å². The number of carbonyl (C=O) groups excluding carboxylic acids is 1. The summed E-state index contributed by atoms with van der Waals surface area (Å²) in [4.78, 5) is 11.3. The van der Waals surface area contributed by atoms with E-state index in [1.54, 1.807) is 13.0 Å². The second-order valence-corrected chi connectivity index (χ2v) is 3.03. The van der Waals surface area contributed by atoms with E-state index in [0.29, 0.717) is 12.2 Å². The first-order chi connectivity index (χ1) is 6.74. The van der Waals surface area contributed by atoms with Crippen molar-refractivity contribution >= 4 is 5.97 Å². The van der Waals surface area contributed by atoms with E-state index < -0.39 is 0 Å². The molecule has 0 atom stereocenters. The maximum absolute atomic E-state index is 11.3. The van der Waals surface area contributed by atoms with E-state index in [9.17, 15) is 4.79 Å². The van der Waals surface area contributed by atoms with E-state index in [0.717, 1.165) is 5.56 Å². The summed E-state index contributed by atoms with van der Waals surface area (Å²) in [7, 11) is 0. The van der Waals surface area contributed by atoms with E-state index in [-0.39, 0.29) is 5.97 Å². The molecule has 0 heterocycles. The Morgan fingerprint density at radius 1 is 1.36 bits per heavy atom. The maximum atomic E-state index is 11.3. The number of benzene rings is 1. The number of allylic oxidation sites excluding steroid dienone is 1. The van der Waals surface area contributed by atoms with Crippen LogP contribution < -0.4 is 0 Å². The smallest absolute Gasteiger partial charge is 0.333 e. The third-order valence-corrected chi connectivity index (χ3v) is 1.97. The Balaban J connectivity index is 2.46. The van der Waals surface area contributed by atoms with Gasteiger partial charge in [0.1, 0.15) is 6.61 Å². The summed E-state index contributed by atoms with van der Waals surface area (Å²) < 4.78 is 5.07. The molecule has 0 aliphatic carbocycles. The van der Waals surface area contributed by atoms with E-state index in [4.69, 9.17) is 4.74 Å². The predicted octanol–water partition coefficient (Wildman–Crippen LogP) is 2.70. The second-order valence-electron chi connectivity index (χ2n) is 3.03. The predicted molar refractivity (Wildman–Crippen MR) is 55.7 cm³/mol. The molecule has 0 N–H and O–H groups in total. The highest BCUT2D eigenvalue weighted by molar-refractivity contribution is 5.87. The van der Waals surface area contributed by atoms with Gasteiger partial charge in [-0.25, -0.2) is 4.79 Å². The molecule has 0 fully saturated rings. The first kappa shape index (κ1) is 10.5. The van der Waals surface area contributed by atoms with Crippen molar-refractivity contribution in [3.05, 3.63) is 47.5 Å². The molecule has 1 aromatic carbocycles. The van der Waals surface area contributed by atoms with Gasteiger partial charge in [-0.2, -0.15) is 0 Å². The fourth-order valence-electron chi connectivity index (χ4n) is 0.955. The Kier molecular flexibility index (Phi) is 3.92. The fourth-order valence-corrected chi connectivity index (χ4v) is 0.955. The van der Waals surface area contributed by atoms with E-state index >= 15 is 0 Å². The monoisotopic (exact) mass is 190 g/mol. The van der Waals surface area contributed by atoms with Crippen LogP contribution in [0.25, 0.3) is 0 Å². The van der Waals surface area contributed by atoms with Gasteiger partial charge >= 0.3 is 5.97 Å². The molecule has 0 aromatic heterocycles. The summed E-state index contributed by atoms with van der Waals surface area (Å²) in [6, 6.07) is 9.64. The molecule has 0 spiro atoms. The van der Waals surface area contributed by atoms with Crippen molar-refractivity contribution < 1.29 is 9.53 Å². The van der Waals surface area contributed by atoms with E-state index in [2.05, 4.69) is 0 Å². The van der Waals surface area contributed by atoms with Crippen molar-refractivity contribution in [1.29, 1.82) is 0 Å². The van der Waals surface area contributed by atoms with Crippen LogP contribution in [0.3, 0.4) is 0 Å². The van der Waals surface area contributed by atoms with Crippen LogP contribution in [0.1, 0.15) is 19.4 Å². The molecule has 1 aromatic rings. The fraction of sp³-hybridized carbons (Fsp3) is 0.250. The zero-order valence-electron chi connectivity index (χ0n) is 8.49. The number of ether oxygens (including phenoxy) is 1. The second kappa shape index (κ2) is 5.22. The summed E-state index contributed by atoms with van der Waals surface area (Å²) in [5.74, 6) is -0.253. The van der Waals surface area contributed by atoms with Crippen LogP contribution in [-0.2, 0) is 16.1 Å². The van der Waals surface area contributed by atoms with E-state index in [1.165, 1.54) is 0 Å². The van der Waals surface area contributed by atoms with Crippen LogP contribution in [0.5, 0.6) is 0 Å². The quantitative estimate of drug-likeness (QED) is 0.541. The van der Waals surface area contributed by atoms with E-state index in [1.807, 2.05) is 37.3 Å². The first-order valence-corrected chi connectivity index (χ1v) is 4.58. The van der Waals surface area contributed by atoms with Gasteiger partial charge in [-0.15, -0.1) is 0 Å². The molecule has 0 radical (unpaired) electrons. The Morgan fingerprint density at radius 2 is 2.00 bits per heavy atom. The van der Waals surface area contributed by atoms with Crippen molar-refractivity contribution in [2.45, 2.75) is 20.5 Å². The molecule has 14 heavy (non-hydrogen) atoms. The van der Waals surface area contributed by atoms with Crippen molar-refractivity contribution in [3.63, 3.8) is 0 Å². The molecule has 0 amide bonds. The van der Waals surface area contributed by atoms with Crippen molar-refractivity contribution in [2.24, 2.45) is 0 Å². The number of esters is 1. The maximum Gasteiger partial charge on any atom is 0.333 e. The highest BCUT2D eigenvalue weighted by Crippen LogP contribution is 2.03. The number of hydrogen-bond donors (Lipinski definition) is 0. The third kappa shape index (κ3) is 3.05. The van der Waals surface area contributed by atoms with Gasteiger partial charge < -0.3 is 4.74 Å². The Labute approximate surface area is 84.2 Å². The molecule has 0 saturated carbocycles. The van der Waals surface area contributed by atoms with Gasteiger partial charge in [0.25, 0.3) is 0 Å². The molecule has 2 nitrogen and oxygen atoms in total. The van der Waals surface area contributed by atoms with Gasteiger partial charge in [-0.3, -0.25) is 0 Å². The largest absolute Gasteiger partial charge is 0.457 e.